The summed E-state index contributed by atoms with van der Waals surface area (Å²) in [7, 11) is -1.31. The van der Waals surface area contributed by atoms with Gasteiger partial charge in [0.05, 0.1) is 0 Å². The van der Waals surface area contributed by atoms with Crippen molar-refractivity contribution in [2.24, 2.45) is 0 Å². The molecule has 1 fully saturated rings. The monoisotopic (exact) mass is 179 g/mol. The summed E-state index contributed by atoms with van der Waals surface area (Å²) < 4.78 is 0. The minimum absolute atomic E-state index is 0.123. The first kappa shape index (κ1) is 8.27. The Morgan fingerprint density at radius 2 is 2.10 bits per heavy atom. The van der Waals surface area contributed by atoms with Gasteiger partial charge in [0.25, 0.3) is 5.24 Å². The highest BCUT2D eigenvalue weighted by atomic mass is 33.1. The fraction of sp³-hybridized carbons (Fsp3) is 0.833. The third-order valence-corrected chi connectivity index (χ3v) is 2.88. The highest BCUT2D eigenvalue weighted by Gasteiger charge is 2.27. The van der Waals surface area contributed by atoms with Gasteiger partial charge in [-0.2, -0.15) is 0 Å². The first-order valence-electron chi connectivity index (χ1n) is 3.26. The SMILES string of the molecule is CS(C)(S)C(=O)NC1CC1. The van der Waals surface area contributed by atoms with Crippen LogP contribution >= 0.6 is 20.7 Å². The molecule has 0 bridgehead atoms. The maximum Gasteiger partial charge on any atom is 0.270 e. The Hall–Kier alpha value is 0.170. The molecule has 0 atom stereocenters. The normalized spacial score (nSPS) is 20.3. The van der Waals surface area contributed by atoms with Crippen molar-refractivity contribution in [3.8, 4) is 0 Å². The smallest absolute Gasteiger partial charge is 0.270 e. The third-order valence-electron chi connectivity index (χ3n) is 1.35. The molecule has 0 spiro atoms. The fourth-order valence-electron chi connectivity index (χ4n) is 0.539. The maximum absolute atomic E-state index is 11.2. The Morgan fingerprint density at radius 1 is 1.60 bits per heavy atom. The summed E-state index contributed by atoms with van der Waals surface area (Å²) in [6.07, 6.45) is 6.06. The average Bonchev–Trinajstić information content (AvgIpc) is 2.47. The summed E-state index contributed by atoms with van der Waals surface area (Å²) in [5.74, 6) is 0. The lowest BCUT2D eigenvalue weighted by Crippen LogP contribution is -2.25. The number of thiol groups is 1. The van der Waals surface area contributed by atoms with Crippen LogP contribution in [0, 0.1) is 0 Å². The summed E-state index contributed by atoms with van der Waals surface area (Å²) >= 11 is 4.22. The van der Waals surface area contributed by atoms with Gasteiger partial charge in [0.15, 0.2) is 0 Å². The van der Waals surface area contributed by atoms with Crippen LogP contribution in [0.2, 0.25) is 0 Å². The van der Waals surface area contributed by atoms with Crippen LogP contribution in [0.1, 0.15) is 12.8 Å². The van der Waals surface area contributed by atoms with Gasteiger partial charge in [0, 0.05) is 6.04 Å². The Kier molecular flexibility index (Phi) is 2.20. The van der Waals surface area contributed by atoms with Crippen molar-refractivity contribution in [3.63, 3.8) is 0 Å². The van der Waals surface area contributed by atoms with Crippen LogP contribution in [0.15, 0.2) is 0 Å². The van der Waals surface area contributed by atoms with E-state index < -0.39 is 9.06 Å². The van der Waals surface area contributed by atoms with E-state index >= 15 is 0 Å². The van der Waals surface area contributed by atoms with Crippen molar-refractivity contribution >= 4 is 26.0 Å². The predicted octanol–water partition coefficient (Wildman–Crippen LogP) is 1.77. The first-order valence-corrected chi connectivity index (χ1v) is 6.76. The molecule has 0 aromatic rings. The average molecular weight is 179 g/mol. The molecule has 1 aliphatic rings. The van der Waals surface area contributed by atoms with Crippen molar-refractivity contribution < 1.29 is 4.79 Å². The summed E-state index contributed by atoms with van der Waals surface area (Å²) in [4.78, 5) is 11.2. The Bertz CT molecular complexity index is 148. The topological polar surface area (TPSA) is 29.1 Å². The van der Waals surface area contributed by atoms with Crippen molar-refractivity contribution in [1.29, 1.82) is 0 Å². The molecule has 0 radical (unpaired) electrons. The minimum Gasteiger partial charge on any atom is -0.345 e. The van der Waals surface area contributed by atoms with E-state index in [1.54, 1.807) is 0 Å². The van der Waals surface area contributed by atoms with Crippen LogP contribution in [0.5, 0.6) is 0 Å². The molecule has 0 unspecified atom stereocenters. The predicted molar refractivity (Wildman–Crippen MR) is 50.0 cm³/mol. The van der Waals surface area contributed by atoms with E-state index in [9.17, 15) is 4.79 Å². The molecule has 10 heavy (non-hydrogen) atoms. The lowest BCUT2D eigenvalue weighted by atomic mass is 10.7. The molecule has 1 saturated carbocycles. The second-order valence-electron chi connectivity index (χ2n) is 2.98. The zero-order chi connectivity index (χ0) is 7.78. The van der Waals surface area contributed by atoms with E-state index in [1.165, 1.54) is 0 Å². The second-order valence-corrected chi connectivity index (χ2v) is 8.63. The summed E-state index contributed by atoms with van der Waals surface area (Å²) in [5, 5.41) is 3.04. The van der Waals surface area contributed by atoms with Crippen LogP contribution < -0.4 is 5.32 Å². The van der Waals surface area contributed by atoms with E-state index in [2.05, 4.69) is 17.0 Å². The van der Waals surface area contributed by atoms with Gasteiger partial charge in [-0.05, 0) is 25.4 Å². The van der Waals surface area contributed by atoms with Gasteiger partial charge in [0.2, 0.25) is 0 Å². The summed E-state index contributed by atoms with van der Waals surface area (Å²) in [6.45, 7) is 0. The molecule has 0 aliphatic heterocycles. The molecule has 0 saturated heterocycles. The Morgan fingerprint density at radius 3 is 2.40 bits per heavy atom. The highest BCUT2D eigenvalue weighted by Crippen LogP contribution is 2.45. The number of amides is 1. The molecular weight excluding hydrogens is 166 g/mol. The number of hydrogen-bond acceptors (Lipinski definition) is 2. The second kappa shape index (κ2) is 2.66. The first-order chi connectivity index (χ1) is 4.50. The number of carbonyl (C=O) groups excluding carboxylic acids is 1. The minimum atomic E-state index is -1.31. The zero-order valence-electron chi connectivity index (χ0n) is 6.26. The Labute approximate surface area is 67.9 Å². The van der Waals surface area contributed by atoms with Gasteiger partial charge in [-0.1, -0.05) is 0 Å². The van der Waals surface area contributed by atoms with E-state index in [1.807, 2.05) is 12.5 Å². The van der Waals surface area contributed by atoms with Crippen LogP contribution in [0.25, 0.3) is 0 Å². The van der Waals surface area contributed by atoms with E-state index in [4.69, 9.17) is 0 Å². The molecule has 4 heteroatoms. The molecular formula is C6H13NOS2. The van der Waals surface area contributed by atoms with E-state index in [0.29, 0.717) is 6.04 Å². The van der Waals surface area contributed by atoms with Crippen LogP contribution in [0.4, 0.5) is 4.79 Å². The number of hydrogen-bond donors (Lipinski definition) is 2. The molecule has 1 amide bonds. The van der Waals surface area contributed by atoms with Crippen LogP contribution in [0.3, 0.4) is 0 Å². The van der Waals surface area contributed by atoms with Crippen molar-refractivity contribution in [3.05, 3.63) is 0 Å². The maximum atomic E-state index is 11.2. The zero-order valence-corrected chi connectivity index (χ0v) is 7.97. The van der Waals surface area contributed by atoms with Crippen molar-refractivity contribution in [1.82, 2.24) is 5.32 Å². The van der Waals surface area contributed by atoms with Crippen molar-refractivity contribution in [2.45, 2.75) is 18.9 Å². The van der Waals surface area contributed by atoms with Gasteiger partial charge in [-0.15, -0.1) is 20.7 Å². The quantitative estimate of drug-likeness (QED) is 0.466. The molecule has 0 aromatic heterocycles. The molecule has 1 rings (SSSR count). The fourth-order valence-corrected chi connectivity index (χ4v) is 1.15. The van der Waals surface area contributed by atoms with E-state index in [0.717, 1.165) is 12.8 Å². The van der Waals surface area contributed by atoms with Gasteiger partial charge < -0.3 is 5.32 Å². The van der Waals surface area contributed by atoms with Gasteiger partial charge >= 0.3 is 0 Å². The highest BCUT2D eigenvalue weighted by molar-refractivity contribution is 8.93. The van der Waals surface area contributed by atoms with Gasteiger partial charge in [-0.3, -0.25) is 4.79 Å². The van der Waals surface area contributed by atoms with E-state index in [-0.39, 0.29) is 5.24 Å². The molecule has 0 aromatic carbocycles. The van der Waals surface area contributed by atoms with Gasteiger partial charge in [0.1, 0.15) is 0 Å². The standard InChI is InChI=1S/C6H13NOS2/c1-10(2,9)6(8)7-5-3-4-5/h5,9H,3-4H2,1-2H3,(H,7,8). The lowest BCUT2D eigenvalue weighted by Gasteiger charge is -2.21. The van der Waals surface area contributed by atoms with Crippen LogP contribution in [-0.4, -0.2) is 23.8 Å². The van der Waals surface area contributed by atoms with Crippen molar-refractivity contribution in [2.75, 3.05) is 12.5 Å². The molecule has 1 aliphatic carbocycles. The number of nitrogens with one attached hydrogen (secondary N) is 1. The molecule has 0 heterocycles. The van der Waals surface area contributed by atoms with Gasteiger partial charge in [-0.25, -0.2) is 0 Å². The molecule has 2 nitrogen and oxygen atoms in total. The summed E-state index contributed by atoms with van der Waals surface area (Å²) in [5.41, 5.74) is 0. The molecule has 60 valence electrons. The Balaban J connectivity index is 2.32. The largest absolute Gasteiger partial charge is 0.345 e. The lowest BCUT2D eigenvalue weighted by molar-refractivity contribution is 0.260. The summed E-state index contributed by atoms with van der Waals surface area (Å²) in [6, 6.07) is 0.464. The van der Waals surface area contributed by atoms with Crippen LogP contribution in [-0.2, 0) is 0 Å². The number of carbonyl (C=O) groups is 1. The molecule has 1 N–H and O–H groups in total. The number of rotatable bonds is 1. The third kappa shape index (κ3) is 2.42.